The lowest BCUT2D eigenvalue weighted by Crippen LogP contribution is -2.52. The third kappa shape index (κ3) is 5.82. The van der Waals surface area contributed by atoms with Crippen molar-refractivity contribution in [1.82, 2.24) is 5.32 Å². The summed E-state index contributed by atoms with van der Waals surface area (Å²) in [6.07, 6.45) is 0. The Hall–Kier alpha value is -0.750. The Labute approximate surface area is 122 Å². The molecule has 0 saturated carbocycles. The summed E-state index contributed by atoms with van der Waals surface area (Å²) in [4.78, 5) is 11.6. The molecule has 0 aromatic heterocycles. The Balaban J connectivity index is 2.33. The van der Waals surface area contributed by atoms with E-state index in [1.54, 1.807) is 6.92 Å². The maximum Gasteiger partial charge on any atom is 0.230 e. The van der Waals surface area contributed by atoms with E-state index < -0.39 is 5.54 Å². The van der Waals surface area contributed by atoms with Crippen LogP contribution in [0.15, 0.2) is 24.3 Å². The number of amides is 1. The second kappa shape index (κ2) is 7.75. The number of hydrogen-bond donors (Lipinski definition) is 3. The van der Waals surface area contributed by atoms with Crippen molar-refractivity contribution in [1.29, 1.82) is 0 Å². The molecule has 1 amide bonds. The molecule has 6 heteroatoms. The predicted octanol–water partition coefficient (Wildman–Crippen LogP) is 1.43. The van der Waals surface area contributed by atoms with Gasteiger partial charge in [-0.2, -0.15) is 0 Å². The molecule has 19 heavy (non-hydrogen) atoms. The fraction of sp³-hybridized carbons (Fsp3) is 0.462. The summed E-state index contributed by atoms with van der Waals surface area (Å²) < 4.78 is 0. The van der Waals surface area contributed by atoms with Gasteiger partial charge in [-0.05, 0) is 24.6 Å². The van der Waals surface area contributed by atoms with Gasteiger partial charge in [0.05, 0.1) is 24.5 Å². The first-order valence-corrected chi connectivity index (χ1v) is 7.37. The number of hydrogen-bond acceptors (Lipinski definition) is 4. The quantitative estimate of drug-likeness (QED) is 0.713. The van der Waals surface area contributed by atoms with E-state index in [1.807, 2.05) is 24.3 Å². The highest BCUT2D eigenvalue weighted by Crippen LogP contribution is 2.15. The molecular formula is C13H18ClNO3S. The van der Waals surface area contributed by atoms with Gasteiger partial charge in [-0.25, -0.2) is 0 Å². The number of rotatable bonds is 7. The second-order valence-electron chi connectivity index (χ2n) is 4.54. The summed E-state index contributed by atoms with van der Waals surface area (Å²) in [7, 11) is 0. The summed E-state index contributed by atoms with van der Waals surface area (Å²) >= 11 is 7.25. The Morgan fingerprint density at radius 3 is 2.42 bits per heavy atom. The maximum absolute atomic E-state index is 11.6. The van der Waals surface area contributed by atoms with E-state index >= 15 is 0 Å². The summed E-state index contributed by atoms with van der Waals surface area (Å²) in [6, 6.07) is 7.45. The van der Waals surface area contributed by atoms with Crippen LogP contribution in [0.1, 0.15) is 12.5 Å². The lowest BCUT2D eigenvalue weighted by molar-refractivity contribution is -0.121. The molecule has 0 aliphatic heterocycles. The van der Waals surface area contributed by atoms with Crippen LogP contribution in [0.25, 0.3) is 0 Å². The van der Waals surface area contributed by atoms with E-state index in [2.05, 4.69) is 5.32 Å². The standard InChI is InChI=1S/C13H18ClNO3S/c1-13(8-16,9-17)15-12(18)7-19-6-10-2-4-11(14)5-3-10/h2-5,16-17H,6-9H2,1H3,(H,15,18). The minimum absolute atomic E-state index is 0.204. The van der Waals surface area contributed by atoms with Crippen molar-refractivity contribution in [3.63, 3.8) is 0 Å². The van der Waals surface area contributed by atoms with Gasteiger partial charge in [0.2, 0.25) is 5.91 Å². The molecule has 0 unspecified atom stereocenters. The van der Waals surface area contributed by atoms with Gasteiger partial charge in [0.1, 0.15) is 0 Å². The number of benzene rings is 1. The van der Waals surface area contributed by atoms with Crippen LogP contribution >= 0.6 is 23.4 Å². The zero-order chi connectivity index (χ0) is 14.3. The first kappa shape index (κ1) is 16.3. The third-order valence-electron chi connectivity index (χ3n) is 2.55. The van der Waals surface area contributed by atoms with Gasteiger partial charge in [-0.3, -0.25) is 4.79 Å². The van der Waals surface area contributed by atoms with E-state index in [-0.39, 0.29) is 24.9 Å². The monoisotopic (exact) mass is 303 g/mol. The summed E-state index contributed by atoms with van der Waals surface area (Å²) in [5.74, 6) is 0.780. The van der Waals surface area contributed by atoms with Crippen LogP contribution in [0.4, 0.5) is 0 Å². The van der Waals surface area contributed by atoms with Gasteiger partial charge in [-0.1, -0.05) is 23.7 Å². The fourth-order valence-corrected chi connectivity index (χ4v) is 2.26. The molecule has 0 heterocycles. The van der Waals surface area contributed by atoms with Gasteiger partial charge in [0.25, 0.3) is 0 Å². The molecule has 0 bridgehead atoms. The molecule has 0 aliphatic rings. The van der Waals surface area contributed by atoms with E-state index in [0.29, 0.717) is 10.8 Å². The van der Waals surface area contributed by atoms with Crippen molar-refractivity contribution in [2.24, 2.45) is 0 Å². The lowest BCUT2D eigenvalue weighted by Gasteiger charge is -2.26. The molecule has 1 rings (SSSR count). The molecule has 1 aromatic rings. The summed E-state index contributed by atoms with van der Waals surface area (Å²) in [5.41, 5.74) is 0.132. The molecule has 4 nitrogen and oxygen atoms in total. The van der Waals surface area contributed by atoms with E-state index in [9.17, 15) is 4.79 Å². The average molecular weight is 304 g/mol. The highest BCUT2D eigenvalue weighted by atomic mass is 35.5. The van der Waals surface area contributed by atoms with E-state index in [0.717, 1.165) is 5.56 Å². The van der Waals surface area contributed by atoms with Crippen LogP contribution in [0.3, 0.4) is 0 Å². The number of nitrogens with one attached hydrogen (secondary N) is 1. The molecule has 1 aromatic carbocycles. The van der Waals surface area contributed by atoms with E-state index in [4.69, 9.17) is 21.8 Å². The topological polar surface area (TPSA) is 69.6 Å². The lowest BCUT2D eigenvalue weighted by atomic mass is 10.1. The number of halogens is 1. The molecular weight excluding hydrogens is 286 g/mol. The van der Waals surface area contributed by atoms with Crippen molar-refractivity contribution in [3.05, 3.63) is 34.9 Å². The van der Waals surface area contributed by atoms with Crippen molar-refractivity contribution >= 4 is 29.3 Å². The smallest absolute Gasteiger partial charge is 0.230 e. The maximum atomic E-state index is 11.6. The van der Waals surface area contributed by atoms with Gasteiger partial charge >= 0.3 is 0 Å². The number of carbonyl (C=O) groups excluding carboxylic acids is 1. The van der Waals surface area contributed by atoms with Crippen molar-refractivity contribution in [2.45, 2.75) is 18.2 Å². The van der Waals surface area contributed by atoms with E-state index in [1.165, 1.54) is 11.8 Å². The van der Waals surface area contributed by atoms with Crippen LogP contribution in [0.2, 0.25) is 5.02 Å². The molecule has 0 spiro atoms. The largest absolute Gasteiger partial charge is 0.394 e. The predicted molar refractivity (Wildman–Crippen MR) is 78.3 cm³/mol. The molecule has 0 fully saturated rings. The van der Waals surface area contributed by atoms with Crippen molar-refractivity contribution in [2.75, 3.05) is 19.0 Å². The SMILES string of the molecule is CC(CO)(CO)NC(=O)CSCc1ccc(Cl)cc1. The summed E-state index contributed by atoms with van der Waals surface area (Å²) in [6.45, 7) is 1.00. The number of aliphatic hydroxyl groups is 2. The number of carbonyl (C=O) groups is 1. The van der Waals surface area contributed by atoms with Crippen LogP contribution in [0.5, 0.6) is 0 Å². The molecule has 0 radical (unpaired) electrons. The van der Waals surface area contributed by atoms with Gasteiger partial charge < -0.3 is 15.5 Å². The fourth-order valence-electron chi connectivity index (χ4n) is 1.34. The van der Waals surface area contributed by atoms with Gasteiger partial charge in [0, 0.05) is 10.8 Å². The second-order valence-corrected chi connectivity index (χ2v) is 5.97. The minimum Gasteiger partial charge on any atom is -0.394 e. The van der Waals surface area contributed by atoms with Gasteiger partial charge in [0.15, 0.2) is 0 Å². The van der Waals surface area contributed by atoms with Crippen molar-refractivity contribution < 1.29 is 15.0 Å². The molecule has 0 aliphatic carbocycles. The Morgan fingerprint density at radius 2 is 1.89 bits per heavy atom. The minimum atomic E-state index is -0.960. The third-order valence-corrected chi connectivity index (χ3v) is 3.81. The highest BCUT2D eigenvalue weighted by molar-refractivity contribution is 7.99. The zero-order valence-corrected chi connectivity index (χ0v) is 12.3. The first-order chi connectivity index (χ1) is 8.99. The van der Waals surface area contributed by atoms with Gasteiger partial charge in [-0.15, -0.1) is 11.8 Å². The highest BCUT2D eigenvalue weighted by Gasteiger charge is 2.24. The molecule has 0 saturated heterocycles. The average Bonchev–Trinajstić information content (AvgIpc) is 2.41. The number of aliphatic hydroxyl groups excluding tert-OH is 2. The first-order valence-electron chi connectivity index (χ1n) is 5.84. The number of thioether (sulfide) groups is 1. The van der Waals surface area contributed by atoms with Crippen molar-refractivity contribution in [3.8, 4) is 0 Å². The van der Waals surface area contributed by atoms with Crippen LogP contribution in [-0.4, -0.2) is 40.6 Å². The Kier molecular flexibility index (Phi) is 6.65. The zero-order valence-electron chi connectivity index (χ0n) is 10.7. The Bertz CT molecular complexity index is 407. The Morgan fingerprint density at radius 1 is 1.32 bits per heavy atom. The normalized spacial score (nSPS) is 11.4. The molecule has 0 atom stereocenters. The van der Waals surface area contributed by atoms with Crippen LogP contribution < -0.4 is 5.32 Å². The molecule has 3 N–H and O–H groups in total. The van der Waals surface area contributed by atoms with Crippen LogP contribution in [-0.2, 0) is 10.5 Å². The summed E-state index contributed by atoms with van der Waals surface area (Å²) in [5, 5.41) is 21.4. The molecule has 106 valence electrons. The van der Waals surface area contributed by atoms with Crippen LogP contribution in [0, 0.1) is 0 Å².